The van der Waals surface area contributed by atoms with Crippen LogP contribution in [0.25, 0.3) is 0 Å². The van der Waals surface area contributed by atoms with Gasteiger partial charge in [0.2, 0.25) is 6.41 Å². The number of halogens is 2. The molecular formula is C19H16ClFN6O2. The Balaban J connectivity index is 1.72. The van der Waals surface area contributed by atoms with Crippen molar-refractivity contribution in [2.45, 2.75) is 12.6 Å². The number of rotatable bonds is 4. The molecule has 1 aromatic carbocycles. The Bertz CT molecular complexity index is 1060. The van der Waals surface area contributed by atoms with Gasteiger partial charge in [-0.3, -0.25) is 14.5 Å². The number of carbonyl (C=O) groups is 2. The Hall–Kier alpha value is -3.46. The van der Waals surface area contributed by atoms with Crippen LogP contribution in [0.4, 0.5) is 15.9 Å². The summed E-state index contributed by atoms with van der Waals surface area (Å²) >= 11 is 6.41. The molecule has 0 saturated carbocycles. The third kappa shape index (κ3) is 3.19. The molecule has 0 aliphatic carbocycles. The van der Waals surface area contributed by atoms with E-state index in [-0.39, 0.29) is 17.3 Å². The summed E-state index contributed by atoms with van der Waals surface area (Å²) in [5, 5.41) is 8.94. The SMILES string of the molecule is C/C(=C\C(Cl)=C1\C(=O)NC2(CNc3ccc(F)cc32)N1C=O)Nc1ccncn1. The number of hydrogen-bond acceptors (Lipinski definition) is 6. The van der Waals surface area contributed by atoms with Crippen LogP contribution in [0.15, 0.2) is 59.3 Å². The molecule has 29 heavy (non-hydrogen) atoms. The Labute approximate surface area is 170 Å². The molecule has 1 aromatic heterocycles. The summed E-state index contributed by atoms with van der Waals surface area (Å²) in [6, 6.07) is 5.83. The summed E-state index contributed by atoms with van der Waals surface area (Å²) in [7, 11) is 0. The minimum Gasteiger partial charge on any atom is -0.380 e. The smallest absolute Gasteiger partial charge is 0.271 e. The van der Waals surface area contributed by atoms with Crippen LogP contribution in [0, 0.1) is 5.82 Å². The quantitative estimate of drug-likeness (QED) is 0.524. The van der Waals surface area contributed by atoms with E-state index >= 15 is 0 Å². The van der Waals surface area contributed by atoms with Gasteiger partial charge in [-0.1, -0.05) is 11.6 Å². The number of anilines is 2. The lowest BCUT2D eigenvalue weighted by Crippen LogP contribution is -2.50. The molecule has 3 N–H and O–H groups in total. The zero-order chi connectivity index (χ0) is 20.6. The monoisotopic (exact) mass is 414 g/mol. The fraction of sp³-hybridized carbons (Fsp3) is 0.158. The van der Waals surface area contributed by atoms with Gasteiger partial charge in [-0.2, -0.15) is 0 Å². The second kappa shape index (κ2) is 7.17. The summed E-state index contributed by atoms with van der Waals surface area (Å²) in [5.74, 6) is -0.459. The number of nitrogens with zero attached hydrogens (tertiary/aromatic N) is 3. The van der Waals surface area contributed by atoms with Crippen LogP contribution < -0.4 is 16.0 Å². The number of amides is 2. The molecule has 10 heteroatoms. The van der Waals surface area contributed by atoms with Crippen LogP contribution in [-0.2, 0) is 15.3 Å². The van der Waals surface area contributed by atoms with E-state index in [9.17, 15) is 14.0 Å². The summed E-state index contributed by atoms with van der Waals surface area (Å²) in [5.41, 5.74) is 0.416. The molecule has 0 bridgehead atoms. The average Bonchev–Trinajstić information content (AvgIpc) is 3.19. The Kier molecular flexibility index (Phi) is 4.67. The maximum absolute atomic E-state index is 13.8. The number of carbonyl (C=O) groups excluding carboxylic acids is 2. The Morgan fingerprint density at radius 3 is 2.97 bits per heavy atom. The molecular weight excluding hydrogens is 399 g/mol. The van der Waals surface area contributed by atoms with E-state index < -0.39 is 17.4 Å². The first kappa shape index (κ1) is 18.9. The molecule has 2 amide bonds. The van der Waals surface area contributed by atoms with Gasteiger partial charge in [0, 0.05) is 23.1 Å². The number of fused-ring (bicyclic) bond motifs is 2. The third-order valence-corrected chi connectivity index (χ3v) is 5.02. The molecule has 1 atom stereocenters. The van der Waals surface area contributed by atoms with E-state index in [1.165, 1.54) is 29.4 Å². The van der Waals surface area contributed by atoms with Gasteiger partial charge in [0.25, 0.3) is 5.91 Å². The van der Waals surface area contributed by atoms with Crippen molar-refractivity contribution in [1.29, 1.82) is 0 Å². The van der Waals surface area contributed by atoms with Crippen molar-refractivity contribution in [2.75, 3.05) is 17.2 Å². The van der Waals surface area contributed by atoms with Crippen molar-refractivity contribution in [3.8, 4) is 0 Å². The fourth-order valence-electron chi connectivity index (χ4n) is 3.49. The highest BCUT2D eigenvalue weighted by Crippen LogP contribution is 2.43. The molecule has 8 nitrogen and oxygen atoms in total. The second-order valence-electron chi connectivity index (χ2n) is 6.58. The van der Waals surface area contributed by atoms with E-state index in [1.807, 2.05) is 0 Å². The molecule has 1 fully saturated rings. The third-order valence-electron chi connectivity index (χ3n) is 4.73. The first-order chi connectivity index (χ1) is 13.9. The lowest BCUT2D eigenvalue weighted by molar-refractivity contribution is -0.120. The molecule has 3 heterocycles. The molecule has 1 saturated heterocycles. The highest BCUT2D eigenvalue weighted by Gasteiger charge is 2.53. The normalized spacial score (nSPS) is 22.2. The maximum atomic E-state index is 13.8. The van der Waals surface area contributed by atoms with E-state index in [0.29, 0.717) is 29.2 Å². The van der Waals surface area contributed by atoms with Crippen molar-refractivity contribution >= 4 is 35.4 Å². The van der Waals surface area contributed by atoms with E-state index in [1.54, 1.807) is 25.3 Å². The van der Waals surface area contributed by atoms with Gasteiger partial charge in [-0.05, 0) is 37.3 Å². The van der Waals surface area contributed by atoms with Gasteiger partial charge in [-0.25, -0.2) is 14.4 Å². The predicted octanol–water partition coefficient (Wildman–Crippen LogP) is 2.25. The van der Waals surface area contributed by atoms with Crippen molar-refractivity contribution in [2.24, 2.45) is 0 Å². The van der Waals surface area contributed by atoms with Gasteiger partial charge in [0.1, 0.15) is 23.7 Å². The number of benzene rings is 1. The highest BCUT2D eigenvalue weighted by atomic mass is 35.5. The number of hydrogen-bond donors (Lipinski definition) is 3. The van der Waals surface area contributed by atoms with Gasteiger partial charge in [0.15, 0.2) is 5.66 Å². The van der Waals surface area contributed by atoms with Crippen LogP contribution in [0.1, 0.15) is 12.5 Å². The van der Waals surface area contributed by atoms with Crippen LogP contribution in [-0.4, -0.2) is 33.7 Å². The minimum absolute atomic E-state index is 0.0237. The standard InChI is InChI=1S/C19H16ClFN6O2/c1-11(25-16-4-5-22-9-24-16)6-14(20)17-18(29)26-19(27(17)10-28)8-23-15-3-2-12(21)7-13(15)19/h2-7,9-10,23H,8H2,1H3,(H,26,29)(H,22,24,25)/b11-6+,17-14+. The van der Waals surface area contributed by atoms with Crippen LogP contribution >= 0.6 is 11.6 Å². The van der Waals surface area contributed by atoms with Crippen LogP contribution in [0.2, 0.25) is 0 Å². The summed E-state index contributed by atoms with van der Waals surface area (Å²) < 4.78 is 13.8. The van der Waals surface area contributed by atoms with Gasteiger partial charge < -0.3 is 16.0 Å². The zero-order valence-electron chi connectivity index (χ0n) is 15.2. The molecule has 2 aromatic rings. The molecule has 148 valence electrons. The first-order valence-electron chi connectivity index (χ1n) is 8.67. The van der Waals surface area contributed by atoms with Crippen molar-refractivity contribution in [1.82, 2.24) is 20.2 Å². The number of aromatic nitrogens is 2. The molecule has 1 spiro atoms. The summed E-state index contributed by atoms with van der Waals surface area (Å²) in [4.78, 5) is 33.8. The van der Waals surface area contributed by atoms with Crippen molar-refractivity contribution in [3.05, 3.63) is 70.7 Å². The zero-order valence-corrected chi connectivity index (χ0v) is 16.0. The lowest BCUT2D eigenvalue weighted by atomic mass is 10.0. The topological polar surface area (TPSA) is 99.2 Å². The summed E-state index contributed by atoms with van der Waals surface area (Å²) in [6.45, 7) is 1.92. The largest absolute Gasteiger partial charge is 0.380 e. The van der Waals surface area contributed by atoms with Gasteiger partial charge in [0.05, 0.1) is 11.6 Å². The Morgan fingerprint density at radius 2 is 2.24 bits per heavy atom. The van der Waals surface area contributed by atoms with E-state index in [2.05, 4.69) is 25.9 Å². The second-order valence-corrected chi connectivity index (χ2v) is 6.98. The first-order valence-corrected chi connectivity index (χ1v) is 9.04. The molecule has 2 aliphatic heterocycles. The molecule has 1 unspecified atom stereocenters. The summed E-state index contributed by atoms with van der Waals surface area (Å²) in [6.07, 6.45) is 5.00. The number of nitrogens with one attached hydrogen (secondary N) is 3. The minimum atomic E-state index is -1.24. The van der Waals surface area contributed by atoms with Gasteiger partial charge >= 0.3 is 0 Å². The van der Waals surface area contributed by atoms with Crippen LogP contribution in [0.5, 0.6) is 0 Å². The maximum Gasteiger partial charge on any atom is 0.271 e. The fourth-order valence-corrected chi connectivity index (χ4v) is 3.83. The molecule has 4 rings (SSSR count). The number of allylic oxidation sites excluding steroid dienone is 3. The lowest BCUT2D eigenvalue weighted by Gasteiger charge is -2.31. The van der Waals surface area contributed by atoms with Crippen LogP contribution in [0.3, 0.4) is 0 Å². The van der Waals surface area contributed by atoms with Gasteiger partial charge in [-0.15, -0.1) is 0 Å². The average molecular weight is 415 g/mol. The predicted molar refractivity (Wildman–Crippen MR) is 105 cm³/mol. The highest BCUT2D eigenvalue weighted by molar-refractivity contribution is 6.34. The van der Waals surface area contributed by atoms with E-state index in [4.69, 9.17) is 11.6 Å². The Morgan fingerprint density at radius 1 is 1.41 bits per heavy atom. The van der Waals surface area contributed by atoms with E-state index in [0.717, 1.165) is 0 Å². The molecule has 0 radical (unpaired) electrons. The molecule has 2 aliphatic rings. The van der Waals surface area contributed by atoms with Crippen molar-refractivity contribution < 1.29 is 14.0 Å². The van der Waals surface area contributed by atoms with Crippen molar-refractivity contribution in [3.63, 3.8) is 0 Å².